The molecule has 1 aromatic rings. The number of aliphatic carboxylic acids is 1. The molecule has 0 spiro atoms. The highest BCUT2D eigenvalue weighted by molar-refractivity contribution is 6.17. The van der Waals surface area contributed by atoms with E-state index in [-0.39, 0.29) is 23.4 Å². The van der Waals surface area contributed by atoms with E-state index in [1.807, 2.05) is 0 Å². The predicted octanol–water partition coefficient (Wildman–Crippen LogP) is 1.48. The standard InChI is InChI=1S/C12H14ClFO4/c13-4-3-10(15)12(18)7-1-2-9(14)8(5-7)6-11(16)17/h1-2,5,10,12,15,18H,3-4,6H2,(H,16,17). The van der Waals surface area contributed by atoms with Crippen LogP contribution in [-0.4, -0.2) is 33.3 Å². The number of hydrogen-bond acceptors (Lipinski definition) is 3. The molecule has 0 aliphatic heterocycles. The number of carboxylic acids is 1. The maximum Gasteiger partial charge on any atom is 0.307 e. The minimum absolute atomic E-state index is 0.0304. The van der Waals surface area contributed by atoms with Crippen LogP contribution < -0.4 is 0 Å². The maximum absolute atomic E-state index is 13.3. The molecule has 6 heteroatoms. The Kier molecular flexibility index (Phi) is 5.53. The Morgan fingerprint density at radius 2 is 2.06 bits per heavy atom. The summed E-state index contributed by atoms with van der Waals surface area (Å²) in [7, 11) is 0. The number of carbonyl (C=O) groups is 1. The molecular weight excluding hydrogens is 263 g/mol. The van der Waals surface area contributed by atoms with Gasteiger partial charge in [0.2, 0.25) is 0 Å². The van der Waals surface area contributed by atoms with E-state index in [1.54, 1.807) is 0 Å². The molecule has 1 rings (SSSR count). The lowest BCUT2D eigenvalue weighted by Gasteiger charge is -2.18. The summed E-state index contributed by atoms with van der Waals surface area (Å²) < 4.78 is 13.3. The van der Waals surface area contributed by atoms with E-state index in [0.29, 0.717) is 0 Å². The zero-order valence-corrected chi connectivity index (χ0v) is 10.3. The van der Waals surface area contributed by atoms with Gasteiger partial charge in [-0.1, -0.05) is 6.07 Å². The van der Waals surface area contributed by atoms with E-state index in [1.165, 1.54) is 12.1 Å². The van der Waals surface area contributed by atoms with Crippen LogP contribution >= 0.6 is 11.6 Å². The van der Waals surface area contributed by atoms with Crippen LogP contribution in [0, 0.1) is 5.82 Å². The normalized spacial score (nSPS) is 14.2. The first-order valence-corrected chi connectivity index (χ1v) is 5.91. The molecule has 0 heterocycles. The van der Waals surface area contributed by atoms with Gasteiger partial charge in [0.15, 0.2) is 0 Å². The van der Waals surface area contributed by atoms with Gasteiger partial charge in [-0.15, -0.1) is 11.6 Å². The van der Waals surface area contributed by atoms with E-state index in [4.69, 9.17) is 16.7 Å². The van der Waals surface area contributed by atoms with E-state index >= 15 is 0 Å². The highest BCUT2D eigenvalue weighted by atomic mass is 35.5. The lowest BCUT2D eigenvalue weighted by Crippen LogP contribution is -2.19. The smallest absolute Gasteiger partial charge is 0.307 e. The van der Waals surface area contributed by atoms with Gasteiger partial charge >= 0.3 is 5.97 Å². The molecule has 0 amide bonds. The number of hydrogen-bond donors (Lipinski definition) is 3. The summed E-state index contributed by atoms with van der Waals surface area (Å²) in [6.45, 7) is 0. The van der Waals surface area contributed by atoms with Gasteiger partial charge in [0.05, 0.1) is 12.5 Å². The molecule has 4 nitrogen and oxygen atoms in total. The number of aliphatic hydroxyl groups excluding tert-OH is 2. The van der Waals surface area contributed by atoms with Crippen molar-refractivity contribution in [3.05, 3.63) is 35.1 Å². The Balaban J connectivity index is 2.93. The molecule has 0 radical (unpaired) electrons. The monoisotopic (exact) mass is 276 g/mol. The van der Waals surface area contributed by atoms with Crippen LogP contribution in [0.25, 0.3) is 0 Å². The highest BCUT2D eigenvalue weighted by Crippen LogP contribution is 2.22. The largest absolute Gasteiger partial charge is 0.481 e. The van der Waals surface area contributed by atoms with Crippen molar-refractivity contribution >= 4 is 17.6 Å². The minimum atomic E-state index is -1.21. The SMILES string of the molecule is O=C(O)Cc1cc(C(O)C(O)CCCl)ccc1F. The first kappa shape index (κ1) is 14.9. The Bertz CT molecular complexity index is 425. The minimum Gasteiger partial charge on any atom is -0.481 e. The van der Waals surface area contributed by atoms with Crippen LogP contribution in [0.5, 0.6) is 0 Å². The highest BCUT2D eigenvalue weighted by Gasteiger charge is 2.19. The molecule has 2 unspecified atom stereocenters. The van der Waals surface area contributed by atoms with E-state index < -0.39 is 30.4 Å². The zero-order valence-electron chi connectivity index (χ0n) is 9.51. The summed E-state index contributed by atoms with van der Waals surface area (Å²) in [5.41, 5.74) is 0.238. The molecule has 3 N–H and O–H groups in total. The van der Waals surface area contributed by atoms with Crippen LogP contribution in [0.2, 0.25) is 0 Å². The molecule has 0 aliphatic carbocycles. The maximum atomic E-state index is 13.3. The Hall–Kier alpha value is -1.17. The second kappa shape index (κ2) is 6.68. The van der Waals surface area contributed by atoms with E-state index in [0.717, 1.165) is 6.07 Å². The van der Waals surface area contributed by atoms with Gasteiger partial charge in [-0.3, -0.25) is 4.79 Å². The number of aliphatic hydroxyl groups is 2. The van der Waals surface area contributed by atoms with E-state index in [9.17, 15) is 19.4 Å². The van der Waals surface area contributed by atoms with Gasteiger partial charge in [0.1, 0.15) is 11.9 Å². The zero-order chi connectivity index (χ0) is 13.7. The lowest BCUT2D eigenvalue weighted by molar-refractivity contribution is -0.136. The topological polar surface area (TPSA) is 77.8 Å². The molecule has 0 aromatic heterocycles. The van der Waals surface area contributed by atoms with Gasteiger partial charge < -0.3 is 15.3 Å². The van der Waals surface area contributed by atoms with Crippen molar-refractivity contribution in [2.75, 3.05) is 5.88 Å². The fourth-order valence-corrected chi connectivity index (χ4v) is 1.79. The van der Waals surface area contributed by atoms with Crippen molar-refractivity contribution < 1.29 is 24.5 Å². The first-order chi connectivity index (χ1) is 8.45. The Morgan fingerprint density at radius 3 is 2.61 bits per heavy atom. The van der Waals surface area contributed by atoms with Gasteiger partial charge in [-0.2, -0.15) is 0 Å². The van der Waals surface area contributed by atoms with Gasteiger partial charge in [0.25, 0.3) is 0 Å². The third-order valence-corrected chi connectivity index (χ3v) is 2.74. The number of halogens is 2. The molecule has 0 saturated heterocycles. The van der Waals surface area contributed by atoms with Crippen LogP contribution in [0.15, 0.2) is 18.2 Å². The predicted molar refractivity (Wildman–Crippen MR) is 64.0 cm³/mol. The van der Waals surface area contributed by atoms with Gasteiger partial charge in [-0.25, -0.2) is 4.39 Å². The lowest BCUT2D eigenvalue weighted by atomic mass is 9.99. The quantitative estimate of drug-likeness (QED) is 0.688. The van der Waals surface area contributed by atoms with Crippen molar-refractivity contribution in [1.82, 2.24) is 0 Å². The molecule has 0 bridgehead atoms. The summed E-state index contributed by atoms with van der Waals surface area (Å²) in [5.74, 6) is -1.64. The third-order valence-electron chi connectivity index (χ3n) is 2.52. The first-order valence-electron chi connectivity index (χ1n) is 5.38. The van der Waals surface area contributed by atoms with Gasteiger partial charge in [0, 0.05) is 5.88 Å². The van der Waals surface area contributed by atoms with Crippen molar-refractivity contribution in [2.45, 2.75) is 25.0 Å². The number of rotatable bonds is 6. The molecule has 0 aliphatic rings. The average molecular weight is 277 g/mol. The molecule has 0 saturated carbocycles. The summed E-state index contributed by atoms with van der Waals surface area (Å²) in [6, 6.07) is 3.62. The van der Waals surface area contributed by atoms with Crippen LogP contribution in [0.1, 0.15) is 23.7 Å². The number of benzene rings is 1. The van der Waals surface area contributed by atoms with E-state index in [2.05, 4.69) is 0 Å². The third kappa shape index (κ3) is 3.94. The fourth-order valence-electron chi connectivity index (χ4n) is 1.57. The molecule has 2 atom stereocenters. The molecular formula is C12H14ClFO4. The van der Waals surface area contributed by atoms with Crippen molar-refractivity contribution in [1.29, 1.82) is 0 Å². The molecule has 0 fully saturated rings. The summed E-state index contributed by atoms with van der Waals surface area (Å²) in [4.78, 5) is 10.5. The number of alkyl halides is 1. The summed E-state index contributed by atoms with van der Waals surface area (Å²) in [5, 5.41) is 28.0. The van der Waals surface area contributed by atoms with Gasteiger partial charge in [-0.05, 0) is 29.7 Å². The Labute approximate surface area is 109 Å². The van der Waals surface area contributed by atoms with Crippen molar-refractivity contribution in [3.63, 3.8) is 0 Å². The van der Waals surface area contributed by atoms with Crippen LogP contribution in [0.4, 0.5) is 4.39 Å². The summed E-state index contributed by atoms with van der Waals surface area (Å²) in [6.07, 6.45) is -2.56. The van der Waals surface area contributed by atoms with Crippen molar-refractivity contribution in [3.8, 4) is 0 Å². The molecule has 100 valence electrons. The summed E-state index contributed by atoms with van der Waals surface area (Å²) >= 11 is 5.44. The average Bonchev–Trinajstić information content (AvgIpc) is 2.31. The van der Waals surface area contributed by atoms with Crippen molar-refractivity contribution in [2.24, 2.45) is 0 Å². The second-order valence-corrected chi connectivity index (χ2v) is 4.29. The second-order valence-electron chi connectivity index (χ2n) is 3.91. The molecule has 18 heavy (non-hydrogen) atoms. The Morgan fingerprint density at radius 1 is 1.39 bits per heavy atom. The number of carboxylic acid groups (broad SMARTS) is 1. The fraction of sp³-hybridized carbons (Fsp3) is 0.417. The van der Waals surface area contributed by atoms with Crippen LogP contribution in [-0.2, 0) is 11.2 Å². The molecule has 1 aromatic carbocycles. The van der Waals surface area contributed by atoms with Crippen LogP contribution in [0.3, 0.4) is 0 Å².